The van der Waals surface area contributed by atoms with Gasteiger partial charge in [-0.05, 0) is 31.7 Å². The van der Waals surface area contributed by atoms with Gasteiger partial charge in [0.2, 0.25) is 5.91 Å². The molecule has 0 aliphatic heterocycles. The van der Waals surface area contributed by atoms with E-state index in [0.717, 1.165) is 6.42 Å². The lowest BCUT2D eigenvalue weighted by Crippen LogP contribution is -2.40. The molecule has 0 spiro atoms. The van der Waals surface area contributed by atoms with Crippen molar-refractivity contribution in [2.45, 2.75) is 12.5 Å². The van der Waals surface area contributed by atoms with Crippen LogP contribution in [0.1, 0.15) is 16.8 Å². The second-order valence-corrected chi connectivity index (χ2v) is 6.22. The van der Waals surface area contributed by atoms with Crippen molar-refractivity contribution in [3.63, 3.8) is 0 Å². The summed E-state index contributed by atoms with van der Waals surface area (Å²) in [5.41, 5.74) is 0.337. The first kappa shape index (κ1) is 23.7. The minimum atomic E-state index is -0.809. The smallest absolute Gasteiger partial charge is 0.337 e. The van der Waals surface area contributed by atoms with Crippen LogP contribution in [0.3, 0.4) is 0 Å². The quantitative estimate of drug-likeness (QED) is 0.361. The van der Waals surface area contributed by atoms with Crippen LogP contribution in [0.4, 0.5) is 0 Å². The Morgan fingerprint density at radius 1 is 1.21 bits per heavy atom. The Hall–Kier alpha value is -2.36. The first-order valence-electron chi connectivity index (χ1n) is 8.92. The third-order valence-electron chi connectivity index (χ3n) is 3.80. The van der Waals surface area contributed by atoms with E-state index >= 15 is 0 Å². The molecule has 0 fully saturated rings. The lowest BCUT2D eigenvalue weighted by atomic mass is 10.2. The van der Waals surface area contributed by atoms with Gasteiger partial charge in [-0.2, -0.15) is 0 Å². The van der Waals surface area contributed by atoms with Crippen molar-refractivity contribution in [1.82, 2.24) is 10.2 Å². The van der Waals surface area contributed by atoms with E-state index in [0.29, 0.717) is 30.2 Å². The number of methoxy groups -OCH3 is 3. The SMILES string of the molecule is COCCCNC(=O)CN(C)CC(O)COc1ccc(C(=O)OC)cc1OC. The van der Waals surface area contributed by atoms with Gasteiger partial charge >= 0.3 is 5.97 Å². The fourth-order valence-electron chi connectivity index (χ4n) is 2.44. The van der Waals surface area contributed by atoms with Crippen molar-refractivity contribution in [3.8, 4) is 11.5 Å². The third-order valence-corrected chi connectivity index (χ3v) is 3.80. The Bertz CT molecular complexity index is 624. The van der Waals surface area contributed by atoms with Crippen molar-refractivity contribution in [3.05, 3.63) is 23.8 Å². The molecule has 1 unspecified atom stereocenters. The number of esters is 1. The zero-order chi connectivity index (χ0) is 20.9. The van der Waals surface area contributed by atoms with Gasteiger partial charge in [0.15, 0.2) is 11.5 Å². The Morgan fingerprint density at radius 2 is 1.96 bits per heavy atom. The number of ether oxygens (including phenoxy) is 4. The van der Waals surface area contributed by atoms with Crippen LogP contribution in [0.25, 0.3) is 0 Å². The maximum Gasteiger partial charge on any atom is 0.337 e. The number of hydrogen-bond acceptors (Lipinski definition) is 8. The van der Waals surface area contributed by atoms with Gasteiger partial charge in [-0.3, -0.25) is 9.69 Å². The summed E-state index contributed by atoms with van der Waals surface area (Å²) in [4.78, 5) is 25.1. The lowest BCUT2D eigenvalue weighted by molar-refractivity contribution is -0.122. The molecule has 0 aromatic heterocycles. The third kappa shape index (κ3) is 8.55. The predicted octanol–water partition coefficient (Wildman–Crippen LogP) is 0.306. The highest BCUT2D eigenvalue weighted by Crippen LogP contribution is 2.28. The molecule has 1 amide bonds. The highest BCUT2D eigenvalue weighted by atomic mass is 16.5. The average Bonchev–Trinajstić information content (AvgIpc) is 2.68. The minimum Gasteiger partial charge on any atom is -0.493 e. The number of rotatable bonds is 13. The van der Waals surface area contributed by atoms with Crippen molar-refractivity contribution < 1.29 is 33.6 Å². The minimum absolute atomic E-state index is 0.00767. The molecule has 0 bridgehead atoms. The molecule has 0 heterocycles. The van der Waals surface area contributed by atoms with Crippen molar-refractivity contribution >= 4 is 11.9 Å². The monoisotopic (exact) mass is 398 g/mol. The summed E-state index contributed by atoms with van der Waals surface area (Å²) < 4.78 is 20.4. The summed E-state index contributed by atoms with van der Waals surface area (Å²) in [5.74, 6) is 0.158. The Kier molecular flexibility index (Phi) is 10.9. The topological polar surface area (TPSA) is 107 Å². The number of benzene rings is 1. The molecule has 1 aromatic rings. The van der Waals surface area contributed by atoms with Crippen LogP contribution in [-0.4, -0.2) is 89.2 Å². The van der Waals surface area contributed by atoms with E-state index in [1.165, 1.54) is 20.3 Å². The number of likely N-dealkylation sites (N-methyl/N-ethyl adjacent to an activating group) is 1. The lowest BCUT2D eigenvalue weighted by Gasteiger charge is -2.21. The summed E-state index contributed by atoms with van der Waals surface area (Å²) in [5, 5.41) is 12.9. The van der Waals surface area contributed by atoms with E-state index in [1.54, 1.807) is 31.2 Å². The first-order chi connectivity index (χ1) is 13.4. The van der Waals surface area contributed by atoms with Gasteiger partial charge in [0.1, 0.15) is 12.7 Å². The second-order valence-electron chi connectivity index (χ2n) is 6.22. The molecular formula is C19H30N2O7. The number of carbonyl (C=O) groups excluding carboxylic acids is 2. The molecule has 1 aromatic carbocycles. The van der Waals surface area contributed by atoms with Crippen molar-refractivity contribution in [2.75, 3.05) is 61.2 Å². The van der Waals surface area contributed by atoms with Gasteiger partial charge in [0, 0.05) is 26.8 Å². The largest absolute Gasteiger partial charge is 0.493 e. The van der Waals surface area contributed by atoms with E-state index in [9.17, 15) is 14.7 Å². The van der Waals surface area contributed by atoms with Gasteiger partial charge < -0.3 is 29.4 Å². The number of hydrogen-bond donors (Lipinski definition) is 2. The molecule has 2 N–H and O–H groups in total. The second kappa shape index (κ2) is 12.9. The average molecular weight is 398 g/mol. The van der Waals surface area contributed by atoms with Gasteiger partial charge in [-0.25, -0.2) is 4.79 Å². The number of nitrogens with zero attached hydrogens (tertiary/aromatic N) is 1. The molecule has 28 heavy (non-hydrogen) atoms. The van der Waals surface area contributed by atoms with E-state index in [1.807, 2.05) is 0 Å². The van der Waals surface area contributed by atoms with Gasteiger partial charge in [0.25, 0.3) is 0 Å². The molecule has 9 heteroatoms. The molecule has 0 saturated heterocycles. The molecule has 1 atom stereocenters. The molecule has 0 aliphatic rings. The summed E-state index contributed by atoms with van der Waals surface area (Å²) in [7, 11) is 6.11. The summed E-state index contributed by atoms with van der Waals surface area (Å²) in [6, 6.07) is 4.64. The van der Waals surface area contributed by atoms with Gasteiger partial charge in [-0.15, -0.1) is 0 Å². The molecule has 0 saturated carbocycles. The fraction of sp³-hybridized carbons (Fsp3) is 0.579. The van der Waals surface area contributed by atoms with Crippen molar-refractivity contribution in [2.24, 2.45) is 0 Å². The summed E-state index contributed by atoms with van der Waals surface area (Å²) >= 11 is 0. The van der Waals surface area contributed by atoms with Crippen molar-refractivity contribution in [1.29, 1.82) is 0 Å². The maximum atomic E-state index is 11.8. The van der Waals surface area contributed by atoms with Gasteiger partial charge in [-0.1, -0.05) is 0 Å². The van der Waals surface area contributed by atoms with Crippen LogP contribution < -0.4 is 14.8 Å². The summed E-state index contributed by atoms with van der Waals surface area (Å²) in [6.45, 7) is 1.58. The van der Waals surface area contributed by atoms with Crippen LogP contribution >= 0.6 is 0 Å². The Morgan fingerprint density at radius 3 is 2.61 bits per heavy atom. The normalized spacial score (nSPS) is 11.8. The van der Waals surface area contributed by atoms with E-state index in [4.69, 9.17) is 14.2 Å². The van der Waals surface area contributed by atoms with Crippen LogP contribution in [0.2, 0.25) is 0 Å². The number of carbonyl (C=O) groups is 2. The van der Waals surface area contributed by atoms with E-state index in [2.05, 4.69) is 10.1 Å². The number of nitrogens with one attached hydrogen (secondary N) is 1. The Labute approximate surface area is 165 Å². The van der Waals surface area contributed by atoms with Crippen LogP contribution in [-0.2, 0) is 14.3 Å². The van der Waals surface area contributed by atoms with E-state index in [-0.39, 0.29) is 25.6 Å². The zero-order valence-electron chi connectivity index (χ0n) is 16.9. The first-order valence-corrected chi connectivity index (χ1v) is 8.92. The molecule has 1 rings (SSSR count). The number of amides is 1. The number of aliphatic hydroxyl groups is 1. The maximum absolute atomic E-state index is 11.8. The highest BCUT2D eigenvalue weighted by molar-refractivity contribution is 5.90. The fourth-order valence-corrected chi connectivity index (χ4v) is 2.44. The van der Waals surface area contributed by atoms with E-state index < -0.39 is 12.1 Å². The highest BCUT2D eigenvalue weighted by Gasteiger charge is 2.15. The molecular weight excluding hydrogens is 368 g/mol. The molecule has 9 nitrogen and oxygen atoms in total. The standard InChI is InChI=1S/C19H30N2O7/c1-21(12-18(23)20-8-5-9-25-2)11-15(22)13-28-16-7-6-14(19(24)27-4)10-17(16)26-3/h6-7,10,15,22H,5,8-9,11-13H2,1-4H3,(H,20,23). The van der Waals surface area contributed by atoms with Gasteiger partial charge in [0.05, 0.1) is 26.3 Å². The van der Waals surface area contributed by atoms with Crippen LogP contribution in [0, 0.1) is 0 Å². The Balaban J connectivity index is 2.44. The summed E-state index contributed by atoms with van der Waals surface area (Å²) in [6.07, 6.45) is -0.0600. The predicted molar refractivity (Wildman–Crippen MR) is 103 cm³/mol. The zero-order valence-corrected chi connectivity index (χ0v) is 16.9. The van der Waals surface area contributed by atoms with Crippen LogP contribution in [0.15, 0.2) is 18.2 Å². The number of aliphatic hydroxyl groups excluding tert-OH is 1. The molecule has 0 aliphatic carbocycles. The van der Waals surface area contributed by atoms with Crippen LogP contribution in [0.5, 0.6) is 11.5 Å². The molecule has 0 radical (unpaired) electrons. The molecule has 158 valence electrons.